The van der Waals surface area contributed by atoms with Gasteiger partial charge in [0.2, 0.25) is 17.6 Å². The van der Waals surface area contributed by atoms with Crippen molar-refractivity contribution in [2.24, 2.45) is 5.73 Å². The Balaban J connectivity index is 1.48. The van der Waals surface area contributed by atoms with Crippen molar-refractivity contribution in [3.05, 3.63) is 37.0 Å². The summed E-state index contributed by atoms with van der Waals surface area (Å²) in [4.78, 5) is 27.4. The second kappa shape index (κ2) is 9.05. The largest absolute Gasteiger partial charge is 0.493 e. The number of methoxy groups -OCH3 is 3. The number of rotatable bonds is 8. The van der Waals surface area contributed by atoms with Crippen LogP contribution in [0.5, 0.6) is 17.2 Å². The van der Waals surface area contributed by atoms with Gasteiger partial charge in [-0.25, -0.2) is 9.97 Å². The van der Waals surface area contributed by atoms with Crippen molar-refractivity contribution < 1.29 is 23.4 Å². The first-order valence-corrected chi connectivity index (χ1v) is 10.9. The van der Waals surface area contributed by atoms with E-state index in [4.69, 9.17) is 24.4 Å². The van der Waals surface area contributed by atoms with Crippen LogP contribution in [0.1, 0.15) is 12.8 Å². The molecule has 1 aliphatic rings. The van der Waals surface area contributed by atoms with Crippen molar-refractivity contribution in [2.45, 2.75) is 18.9 Å². The van der Waals surface area contributed by atoms with Gasteiger partial charge in [-0.15, -0.1) is 0 Å². The van der Waals surface area contributed by atoms with Crippen LogP contribution in [0.3, 0.4) is 0 Å². The molecule has 0 bridgehead atoms. The van der Waals surface area contributed by atoms with E-state index in [2.05, 4.69) is 20.3 Å². The number of nitrogens with one attached hydrogen (secondary N) is 1. The average molecular weight is 479 g/mol. The van der Waals surface area contributed by atoms with E-state index in [1.807, 2.05) is 17.0 Å². The second-order valence-corrected chi connectivity index (χ2v) is 7.94. The van der Waals surface area contributed by atoms with Crippen LogP contribution in [0, 0.1) is 0 Å². The number of aromatic nitrogens is 4. The number of anilines is 3. The number of amides is 1. The number of nitrogens with two attached hydrogens (primary N) is 1. The van der Waals surface area contributed by atoms with Crippen LogP contribution in [0.25, 0.3) is 16.8 Å². The first kappa shape index (κ1) is 22.3. The Hall–Kier alpha value is -4.48. The highest BCUT2D eigenvalue weighted by Gasteiger charge is 2.31. The Labute approximate surface area is 200 Å². The summed E-state index contributed by atoms with van der Waals surface area (Å²) in [5.74, 6) is 2.52. The molecule has 0 aliphatic carbocycles. The third-order valence-corrected chi connectivity index (χ3v) is 5.91. The molecule has 12 nitrogen and oxygen atoms in total. The minimum atomic E-state index is -0.438. The van der Waals surface area contributed by atoms with E-state index in [0.717, 1.165) is 12.1 Å². The molecule has 5 rings (SSSR count). The van der Waals surface area contributed by atoms with Crippen molar-refractivity contribution in [2.75, 3.05) is 38.1 Å². The van der Waals surface area contributed by atoms with Gasteiger partial charge in [0.1, 0.15) is 23.7 Å². The molecular weight excluding hydrogens is 454 g/mol. The van der Waals surface area contributed by atoms with Crippen molar-refractivity contribution in [1.82, 2.24) is 19.5 Å². The van der Waals surface area contributed by atoms with Crippen LogP contribution in [0.2, 0.25) is 0 Å². The number of ether oxygens (including phenoxy) is 3. The lowest BCUT2D eigenvalue weighted by molar-refractivity contribution is -0.119. The van der Waals surface area contributed by atoms with Gasteiger partial charge in [-0.1, -0.05) is 0 Å². The molecule has 1 unspecified atom stereocenters. The van der Waals surface area contributed by atoms with E-state index >= 15 is 0 Å². The molecule has 0 saturated carbocycles. The summed E-state index contributed by atoms with van der Waals surface area (Å²) in [6, 6.07) is 4.94. The third-order valence-electron chi connectivity index (χ3n) is 5.91. The third kappa shape index (κ3) is 4.03. The first-order valence-electron chi connectivity index (χ1n) is 10.9. The molecule has 0 spiro atoms. The van der Waals surface area contributed by atoms with Crippen LogP contribution in [0.15, 0.2) is 41.4 Å². The van der Waals surface area contributed by atoms with Gasteiger partial charge in [0.15, 0.2) is 22.9 Å². The molecule has 1 saturated heterocycles. The first-order chi connectivity index (χ1) is 17.0. The van der Waals surface area contributed by atoms with Gasteiger partial charge >= 0.3 is 0 Å². The molecule has 182 valence electrons. The van der Waals surface area contributed by atoms with Gasteiger partial charge in [0, 0.05) is 24.7 Å². The maximum atomic E-state index is 11.9. The zero-order chi connectivity index (χ0) is 24.5. The van der Waals surface area contributed by atoms with Crippen LogP contribution < -0.4 is 30.2 Å². The topological polar surface area (TPSA) is 143 Å². The van der Waals surface area contributed by atoms with Gasteiger partial charge in [-0.3, -0.25) is 4.79 Å². The monoisotopic (exact) mass is 479 g/mol. The number of hydrogen-bond acceptors (Lipinski definition) is 10. The van der Waals surface area contributed by atoms with E-state index in [0.29, 0.717) is 58.9 Å². The number of hydrogen-bond donors (Lipinski definition) is 2. The quantitative estimate of drug-likeness (QED) is 0.387. The van der Waals surface area contributed by atoms with Gasteiger partial charge in [-0.05, 0) is 12.8 Å². The number of fused-ring (bicyclic) bond motifs is 1. The lowest BCUT2D eigenvalue weighted by Gasteiger charge is -2.22. The Morgan fingerprint density at radius 1 is 1.17 bits per heavy atom. The fraction of sp³-hybridized carbons (Fsp3) is 0.304. The Kier molecular flexibility index (Phi) is 5.77. The van der Waals surface area contributed by atoms with E-state index in [1.165, 1.54) is 0 Å². The van der Waals surface area contributed by atoms with E-state index in [9.17, 15) is 4.79 Å². The van der Waals surface area contributed by atoms with Crippen LogP contribution in [-0.2, 0) is 4.79 Å². The molecule has 1 atom stereocenters. The standard InChI is InChI=1S/C23H25N7O5/c1-32-16-9-13(10-17(33-2)20(16)34-3)29-11-18(25-12-29)27-22-19-14(6-8-35-19)26-23(28-22)30-7-4-5-15(30)21(24)31/h6,8-12,15H,4-5,7H2,1-3H3,(H2,24,31)(H,26,27,28). The molecule has 3 N–H and O–H groups in total. The molecule has 0 radical (unpaired) electrons. The number of primary amides is 1. The summed E-state index contributed by atoms with van der Waals surface area (Å²) in [7, 11) is 4.68. The predicted molar refractivity (Wildman–Crippen MR) is 128 cm³/mol. The Morgan fingerprint density at radius 3 is 2.63 bits per heavy atom. The fourth-order valence-electron chi connectivity index (χ4n) is 4.23. The van der Waals surface area contributed by atoms with Gasteiger partial charge in [0.05, 0.1) is 39.5 Å². The molecule has 1 aliphatic heterocycles. The van der Waals surface area contributed by atoms with Crippen LogP contribution in [-0.4, -0.2) is 59.3 Å². The summed E-state index contributed by atoms with van der Waals surface area (Å²) in [6.45, 7) is 0.645. The second-order valence-electron chi connectivity index (χ2n) is 7.94. The van der Waals surface area contributed by atoms with Crippen molar-refractivity contribution >= 4 is 34.6 Å². The molecule has 1 aromatic carbocycles. The van der Waals surface area contributed by atoms with Gasteiger partial charge in [-0.2, -0.15) is 4.98 Å². The number of nitrogens with zero attached hydrogens (tertiary/aromatic N) is 5. The van der Waals surface area contributed by atoms with Crippen molar-refractivity contribution in [3.63, 3.8) is 0 Å². The number of carbonyl (C=O) groups excluding carboxylic acids is 1. The Morgan fingerprint density at radius 2 is 1.94 bits per heavy atom. The molecule has 3 aromatic heterocycles. The summed E-state index contributed by atoms with van der Waals surface area (Å²) < 4.78 is 23.7. The summed E-state index contributed by atoms with van der Waals surface area (Å²) in [5, 5.41) is 3.20. The van der Waals surface area contributed by atoms with E-state index < -0.39 is 11.9 Å². The molecule has 35 heavy (non-hydrogen) atoms. The summed E-state index contributed by atoms with van der Waals surface area (Å²) >= 11 is 0. The van der Waals surface area contributed by atoms with Crippen molar-refractivity contribution in [3.8, 4) is 22.9 Å². The highest BCUT2D eigenvalue weighted by Crippen LogP contribution is 2.39. The van der Waals surface area contributed by atoms with E-state index in [-0.39, 0.29) is 0 Å². The number of carbonyl (C=O) groups is 1. The summed E-state index contributed by atoms with van der Waals surface area (Å²) in [5.41, 5.74) is 7.43. The minimum Gasteiger partial charge on any atom is -0.493 e. The summed E-state index contributed by atoms with van der Waals surface area (Å²) in [6.07, 6.45) is 6.48. The van der Waals surface area contributed by atoms with Crippen LogP contribution >= 0.6 is 0 Å². The zero-order valence-corrected chi connectivity index (χ0v) is 19.5. The molecular formula is C23H25N7O5. The predicted octanol–water partition coefficient (Wildman–Crippen LogP) is 2.63. The lowest BCUT2D eigenvalue weighted by Crippen LogP contribution is -2.41. The maximum Gasteiger partial charge on any atom is 0.240 e. The maximum absolute atomic E-state index is 11.9. The number of furan rings is 1. The SMILES string of the molecule is COc1cc(-n2cnc(Nc3nc(N4CCCC4C(N)=O)nc4ccoc34)c2)cc(OC)c1OC. The van der Waals surface area contributed by atoms with Gasteiger partial charge < -0.3 is 39.1 Å². The highest BCUT2D eigenvalue weighted by molar-refractivity contribution is 5.88. The Bertz CT molecular complexity index is 1360. The van der Waals surface area contributed by atoms with E-state index in [1.54, 1.807) is 50.8 Å². The number of imidazole rings is 1. The molecule has 1 amide bonds. The van der Waals surface area contributed by atoms with Gasteiger partial charge in [0.25, 0.3) is 0 Å². The fourth-order valence-corrected chi connectivity index (χ4v) is 4.23. The minimum absolute atomic E-state index is 0.392. The molecule has 4 heterocycles. The smallest absolute Gasteiger partial charge is 0.240 e. The normalized spacial score (nSPS) is 15.4. The number of benzene rings is 1. The highest BCUT2D eigenvalue weighted by atomic mass is 16.5. The molecule has 4 aromatic rings. The van der Waals surface area contributed by atoms with Crippen LogP contribution in [0.4, 0.5) is 17.6 Å². The molecule has 12 heteroatoms. The lowest BCUT2D eigenvalue weighted by atomic mass is 10.2. The van der Waals surface area contributed by atoms with Crippen molar-refractivity contribution in [1.29, 1.82) is 0 Å². The zero-order valence-electron chi connectivity index (χ0n) is 19.5. The molecule has 1 fully saturated rings. The average Bonchev–Trinajstić information content (AvgIpc) is 3.63.